The number of halogens is 1. The molecule has 0 unspecified atom stereocenters. The van der Waals surface area contributed by atoms with E-state index in [1.54, 1.807) is 6.92 Å². The van der Waals surface area contributed by atoms with Gasteiger partial charge in [-0.05, 0) is 41.4 Å². The van der Waals surface area contributed by atoms with Crippen molar-refractivity contribution >= 4 is 32.6 Å². The van der Waals surface area contributed by atoms with Crippen LogP contribution in [0.1, 0.15) is 18.2 Å². The van der Waals surface area contributed by atoms with E-state index in [1.807, 2.05) is 25.1 Å². The summed E-state index contributed by atoms with van der Waals surface area (Å²) in [5.41, 5.74) is 3.26. The van der Waals surface area contributed by atoms with Crippen molar-refractivity contribution in [1.29, 1.82) is 0 Å². The molecular formula is C12H12BrNO. The van der Waals surface area contributed by atoms with Gasteiger partial charge in [0.2, 0.25) is 0 Å². The Morgan fingerprint density at radius 3 is 2.87 bits per heavy atom. The molecule has 0 saturated carbocycles. The Hall–Kier alpha value is -1.09. The number of hydrogen-bond acceptors (Lipinski definition) is 1. The van der Waals surface area contributed by atoms with Gasteiger partial charge in [-0.25, -0.2) is 0 Å². The van der Waals surface area contributed by atoms with Crippen molar-refractivity contribution in [2.24, 2.45) is 0 Å². The third kappa shape index (κ3) is 1.84. The molecule has 15 heavy (non-hydrogen) atoms. The third-order valence-electron chi connectivity index (χ3n) is 2.53. The molecule has 1 aromatic carbocycles. The predicted molar refractivity (Wildman–Crippen MR) is 65.1 cm³/mol. The topological polar surface area (TPSA) is 32.9 Å². The van der Waals surface area contributed by atoms with Gasteiger partial charge in [-0.2, -0.15) is 0 Å². The number of hydrogen-bond donors (Lipinski definition) is 1. The Balaban J connectivity index is 2.68. The number of carbonyl (C=O) groups excluding carboxylic acids is 1. The first-order valence-electron chi connectivity index (χ1n) is 4.84. The molecule has 0 spiro atoms. The average Bonchev–Trinajstić information content (AvgIpc) is 2.45. The highest BCUT2D eigenvalue weighted by Crippen LogP contribution is 2.28. The summed E-state index contributed by atoms with van der Waals surface area (Å²) in [6.45, 7) is 3.63. The summed E-state index contributed by atoms with van der Waals surface area (Å²) in [6.07, 6.45) is 0.502. The molecule has 1 aromatic heterocycles. The van der Waals surface area contributed by atoms with Gasteiger partial charge in [-0.1, -0.05) is 12.1 Å². The van der Waals surface area contributed by atoms with Gasteiger partial charge in [0, 0.05) is 22.0 Å². The minimum Gasteiger partial charge on any atom is -0.357 e. The first-order chi connectivity index (χ1) is 7.09. The van der Waals surface area contributed by atoms with Crippen LogP contribution in [0.5, 0.6) is 0 Å². The molecule has 1 heterocycles. The molecule has 0 radical (unpaired) electrons. The van der Waals surface area contributed by atoms with E-state index in [4.69, 9.17) is 0 Å². The summed E-state index contributed by atoms with van der Waals surface area (Å²) in [5, 5.41) is 1.14. The Bertz CT molecular complexity index is 528. The van der Waals surface area contributed by atoms with Crippen molar-refractivity contribution < 1.29 is 4.79 Å². The lowest BCUT2D eigenvalue weighted by Crippen LogP contribution is -1.96. The number of ketones is 1. The molecule has 0 aliphatic rings. The number of nitrogens with one attached hydrogen (secondary N) is 1. The van der Waals surface area contributed by atoms with Gasteiger partial charge >= 0.3 is 0 Å². The van der Waals surface area contributed by atoms with Crippen LogP contribution in [0, 0.1) is 6.92 Å². The molecule has 0 aliphatic carbocycles. The lowest BCUT2D eigenvalue weighted by molar-refractivity contribution is -0.116. The quantitative estimate of drug-likeness (QED) is 0.888. The van der Waals surface area contributed by atoms with Crippen LogP contribution in [0.3, 0.4) is 0 Å². The van der Waals surface area contributed by atoms with E-state index in [9.17, 15) is 4.79 Å². The van der Waals surface area contributed by atoms with Crippen molar-refractivity contribution in [3.8, 4) is 0 Å². The summed E-state index contributed by atoms with van der Waals surface area (Å²) < 4.78 is 1.04. The van der Waals surface area contributed by atoms with Crippen LogP contribution >= 0.6 is 15.9 Å². The summed E-state index contributed by atoms with van der Waals surface area (Å²) >= 11 is 3.49. The average molecular weight is 266 g/mol. The minimum absolute atomic E-state index is 0.193. The number of H-pyrrole nitrogens is 1. The van der Waals surface area contributed by atoms with Gasteiger partial charge in [0.25, 0.3) is 0 Å². The second-order valence-electron chi connectivity index (χ2n) is 3.77. The van der Waals surface area contributed by atoms with E-state index in [0.717, 1.165) is 26.6 Å². The van der Waals surface area contributed by atoms with Crippen LogP contribution in [0.4, 0.5) is 0 Å². The van der Waals surface area contributed by atoms with Crippen LogP contribution in [-0.4, -0.2) is 10.8 Å². The zero-order valence-electron chi connectivity index (χ0n) is 8.73. The third-order valence-corrected chi connectivity index (χ3v) is 3.19. The van der Waals surface area contributed by atoms with Crippen molar-refractivity contribution in [3.63, 3.8) is 0 Å². The Kier molecular flexibility index (Phi) is 2.65. The number of rotatable bonds is 2. The van der Waals surface area contributed by atoms with E-state index in [1.165, 1.54) is 0 Å². The molecule has 0 amide bonds. The standard InChI is InChI=1S/C12H12BrNO/c1-7(15)6-10-8(2)14-12-9(10)4-3-5-11(12)13/h3-5,14H,6H2,1-2H3. The number of Topliss-reactive ketones (excluding diaryl/α,β-unsaturated/α-hetero) is 1. The van der Waals surface area contributed by atoms with Crippen LogP contribution in [0.25, 0.3) is 10.9 Å². The zero-order chi connectivity index (χ0) is 11.0. The van der Waals surface area contributed by atoms with Gasteiger partial charge in [-0.15, -0.1) is 0 Å². The minimum atomic E-state index is 0.193. The van der Waals surface area contributed by atoms with Gasteiger partial charge in [0.1, 0.15) is 5.78 Å². The maximum atomic E-state index is 11.2. The van der Waals surface area contributed by atoms with Crippen molar-refractivity contribution in [2.75, 3.05) is 0 Å². The lowest BCUT2D eigenvalue weighted by Gasteiger charge is -1.97. The van der Waals surface area contributed by atoms with E-state index >= 15 is 0 Å². The molecule has 0 atom stereocenters. The largest absolute Gasteiger partial charge is 0.357 e. The van der Waals surface area contributed by atoms with Gasteiger partial charge in [0.05, 0.1) is 5.52 Å². The first kappa shape index (κ1) is 10.4. The van der Waals surface area contributed by atoms with Gasteiger partial charge < -0.3 is 4.98 Å². The molecule has 0 saturated heterocycles. The highest BCUT2D eigenvalue weighted by Gasteiger charge is 2.11. The Morgan fingerprint density at radius 1 is 1.47 bits per heavy atom. The van der Waals surface area contributed by atoms with Crippen molar-refractivity contribution in [1.82, 2.24) is 4.98 Å². The fourth-order valence-corrected chi connectivity index (χ4v) is 2.31. The number of carbonyl (C=O) groups is 1. The molecule has 0 bridgehead atoms. The second kappa shape index (κ2) is 3.81. The maximum absolute atomic E-state index is 11.2. The number of aryl methyl sites for hydroxylation is 1. The molecule has 0 aliphatic heterocycles. The van der Waals surface area contributed by atoms with E-state index in [-0.39, 0.29) is 5.78 Å². The van der Waals surface area contributed by atoms with Crippen LogP contribution < -0.4 is 0 Å². The highest BCUT2D eigenvalue weighted by molar-refractivity contribution is 9.10. The zero-order valence-corrected chi connectivity index (χ0v) is 10.3. The number of para-hydroxylation sites is 1. The molecule has 2 nitrogen and oxygen atoms in total. The fraction of sp³-hybridized carbons (Fsp3) is 0.250. The molecule has 2 aromatic rings. The molecule has 3 heteroatoms. The van der Waals surface area contributed by atoms with E-state index < -0.39 is 0 Å². The molecular weight excluding hydrogens is 254 g/mol. The predicted octanol–water partition coefficient (Wildman–Crippen LogP) is 3.37. The van der Waals surface area contributed by atoms with E-state index in [2.05, 4.69) is 20.9 Å². The fourth-order valence-electron chi connectivity index (χ4n) is 1.84. The number of aromatic amines is 1. The number of aromatic nitrogens is 1. The SMILES string of the molecule is CC(=O)Cc1c(C)[nH]c2c(Br)cccc12. The summed E-state index contributed by atoms with van der Waals surface area (Å²) in [7, 11) is 0. The highest BCUT2D eigenvalue weighted by atomic mass is 79.9. The number of fused-ring (bicyclic) bond motifs is 1. The van der Waals surface area contributed by atoms with Crippen molar-refractivity contribution in [3.05, 3.63) is 33.9 Å². The van der Waals surface area contributed by atoms with Gasteiger partial charge in [0.15, 0.2) is 0 Å². The first-order valence-corrected chi connectivity index (χ1v) is 5.64. The smallest absolute Gasteiger partial charge is 0.134 e. The molecule has 1 N–H and O–H groups in total. The molecule has 2 rings (SSSR count). The van der Waals surface area contributed by atoms with Crippen molar-refractivity contribution in [2.45, 2.75) is 20.3 Å². The summed E-state index contributed by atoms with van der Waals surface area (Å²) in [5.74, 6) is 0.193. The van der Waals surface area contributed by atoms with Crippen LogP contribution in [0.2, 0.25) is 0 Å². The van der Waals surface area contributed by atoms with Gasteiger partial charge in [-0.3, -0.25) is 4.79 Å². The monoisotopic (exact) mass is 265 g/mol. The molecule has 78 valence electrons. The van der Waals surface area contributed by atoms with E-state index in [0.29, 0.717) is 6.42 Å². The normalized spacial score (nSPS) is 10.9. The summed E-state index contributed by atoms with van der Waals surface area (Å²) in [6, 6.07) is 6.03. The maximum Gasteiger partial charge on any atom is 0.134 e. The number of benzene rings is 1. The summed E-state index contributed by atoms with van der Waals surface area (Å²) in [4.78, 5) is 14.5. The second-order valence-corrected chi connectivity index (χ2v) is 4.62. The lowest BCUT2D eigenvalue weighted by atomic mass is 10.1. The molecule has 0 fully saturated rings. The Labute approximate surface area is 96.8 Å². The Morgan fingerprint density at radius 2 is 2.20 bits per heavy atom. The van der Waals surface area contributed by atoms with Crippen LogP contribution in [0.15, 0.2) is 22.7 Å². The van der Waals surface area contributed by atoms with Crippen LogP contribution in [-0.2, 0) is 11.2 Å².